The van der Waals surface area contributed by atoms with Gasteiger partial charge in [0.25, 0.3) is 0 Å². The molecule has 8 heteroatoms. The second kappa shape index (κ2) is 8.77. The number of methoxy groups -OCH3 is 1. The third kappa shape index (κ3) is 5.50. The van der Waals surface area contributed by atoms with Crippen molar-refractivity contribution in [3.8, 4) is 11.5 Å². The summed E-state index contributed by atoms with van der Waals surface area (Å²) in [5, 5.41) is 11.6. The Kier molecular flexibility index (Phi) is 9.31. The van der Waals surface area contributed by atoms with Gasteiger partial charge in [-0.3, -0.25) is 5.43 Å². The molecule has 17 heavy (non-hydrogen) atoms. The number of para-hydroxylation sites is 1. The van der Waals surface area contributed by atoms with Crippen molar-refractivity contribution >= 4 is 23.5 Å². The molecule has 97 valence electrons. The Morgan fingerprint density at radius 1 is 1.59 bits per heavy atom. The zero-order chi connectivity index (χ0) is 11.3. The number of hydrogen-bond donors (Lipinski definition) is 2. The normalized spacial score (nSPS) is 9.00. The molecule has 6 nitrogen and oxygen atoms in total. The van der Waals surface area contributed by atoms with Crippen LogP contribution in [0.1, 0.15) is 5.56 Å². The topological polar surface area (TPSA) is 113 Å². The molecule has 1 radical (unpaired) electrons. The molecule has 0 aliphatic heterocycles. The van der Waals surface area contributed by atoms with Crippen molar-refractivity contribution in [2.24, 2.45) is 10.8 Å². The van der Waals surface area contributed by atoms with Gasteiger partial charge in [-0.15, -0.1) is 0 Å². The van der Waals surface area contributed by atoms with Crippen LogP contribution in [-0.4, -0.2) is 29.0 Å². The first-order chi connectivity index (χ1) is 7.15. The summed E-state index contributed by atoms with van der Waals surface area (Å²) in [5.41, 5.74) is 8.22. The van der Waals surface area contributed by atoms with E-state index in [1.54, 1.807) is 18.2 Å². The summed E-state index contributed by atoms with van der Waals surface area (Å²) in [7, 11) is 1.52. The average molecular weight is 307 g/mol. The zero-order valence-electron chi connectivity index (χ0n) is 8.90. The first kappa shape index (κ1) is 18.0. The van der Waals surface area contributed by atoms with Crippen molar-refractivity contribution < 1.29 is 32.4 Å². The van der Waals surface area contributed by atoms with Crippen molar-refractivity contribution in [2.75, 3.05) is 7.11 Å². The van der Waals surface area contributed by atoms with Gasteiger partial charge in [-0.05, 0) is 24.4 Å². The molecule has 1 aromatic rings. The third-order valence-corrected chi connectivity index (χ3v) is 1.75. The second-order valence-corrected chi connectivity index (χ2v) is 3.10. The van der Waals surface area contributed by atoms with Crippen LogP contribution < -0.4 is 15.9 Å². The van der Waals surface area contributed by atoms with E-state index in [9.17, 15) is 0 Å². The molecule has 1 rings (SSSR count). The Hall–Kier alpha value is -1.34. The maximum Gasteiger partial charge on any atom is 2.00 e. The number of nitrogens with one attached hydrogen (secondary N) is 1. The second-order valence-electron chi connectivity index (χ2n) is 2.66. The summed E-state index contributed by atoms with van der Waals surface area (Å²) >= 11 is 4.57. The molecule has 6 N–H and O–H groups in total. The van der Waals surface area contributed by atoms with E-state index in [0.29, 0.717) is 11.3 Å². The first-order valence-electron chi connectivity index (χ1n) is 4.12. The molecule has 0 spiro atoms. The molecule has 0 unspecified atom stereocenters. The Balaban J connectivity index is 0. The average Bonchev–Trinajstić information content (AvgIpc) is 2.20. The quantitative estimate of drug-likeness (QED) is 0.271. The molecule has 0 aliphatic rings. The van der Waals surface area contributed by atoms with Gasteiger partial charge in [0.1, 0.15) is 0 Å². The van der Waals surface area contributed by atoms with E-state index in [0.717, 1.165) is 0 Å². The maximum atomic E-state index is 7.72. The van der Waals surface area contributed by atoms with Gasteiger partial charge >= 0.3 is 22.8 Å². The van der Waals surface area contributed by atoms with E-state index < -0.39 is 0 Å². The Morgan fingerprint density at radius 2 is 2.24 bits per heavy atom. The summed E-state index contributed by atoms with van der Waals surface area (Å²) < 4.78 is 4.99. The molecule has 0 heterocycles. The molecule has 1 aromatic carbocycles. The number of benzene rings is 1. The van der Waals surface area contributed by atoms with E-state index >= 15 is 0 Å². The van der Waals surface area contributed by atoms with Crippen LogP contribution >= 0.6 is 12.2 Å². The predicted octanol–water partition coefficient (Wildman–Crippen LogP) is 0.121. The van der Waals surface area contributed by atoms with Crippen LogP contribution in [0.3, 0.4) is 0 Å². The Bertz CT molecular complexity index is 401. The van der Waals surface area contributed by atoms with Gasteiger partial charge in [-0.2, -0.15) is 5.10 Å². The maximum absolute atomic E-state index is 7.72. The fraction of sp³-hybridized carbons (Fsp3) is 0.111. The van der Waals surface area contributed by atoms with Crippen molar-refractivity contribution in [3.05, 3.63) is 23.8 Å². The van der Waals surface area contributed by atoms with Crippen LogP contribution in [0.25, 0.3) is 0 Å². The summed E-state index contributed by atoms with van der Waals surface area (Å²) in [4.78, 5) is 0. The summed E-state index contributed by atoms with van der Waals surface area (Å²) in [6.45, 7) is 0. The van der Waals surface area contributed by atoms with Gasteiger partial charge in [0.05, 0.1) is 18.9 Å². The number of ether oxygens (including phenoxy) is 1. The largest absolute Gasteiger partial charge is 2.00 e. The monoisotopic (exact) mass is 306 g/mol. The van der Waals surface area contributed by atoms with Crippen LogP contribution in [-0.2, 0) is 17.1 Å². The molecular weight excluding hydrogens is 294 g/mol. The third-order valence-electron chi connectivity index (χ3n) is 1.66. The van der Waals surface area contributed by atoms with Crippen molar-refractivity contribution in [3.63, 3.8) is 0 Å². The first-order valence-corrected chi connectivity index (χ1v) is 4.53. The Morgan fingerprint density at radius 3 is 2.76 bits per heavy atom. The van der Waals surface area contributed by atoms with Crippen molar-refractivity contribution in [2.45, 2.75) is 0 Å². The van der Waals surface area contributed by atoms with Gasteiger partial charge in [-0.1, -0.05) is 6.07 Å². The predicted molar refractivity (Wildman–Crippen MR) is 65.5 cm³/mol. The van der Waals surface area contributed by atoms with Gasteiger partial charge in [-0.25, -0.2) is 0 Å². The van der Waals surface area contributed by atoms with Crippen LogP contribution in [0.2, 0.25) is 0 Å². The molecule has 0 atom stereocenters. The van der Waals surface area contributed by atoms with E-state index in [1.807, 2.05) is 0 Å². The molecule has 0 amide bonds. The number of nitrogens with two attached hydrogens (primary N) is 1. The molecule has 0 fully saturated rings. The molecule has 0 saturated heterocycles. The van der Waals surface area contributed by atoms with Crippen LogP contribution in [0.5, 0.6) is 11.5 Å². The van der Waals surface area contributed by atoms with Crippen LogP contribution in [0, 0.1) is 0 Å². The van der Waals surface area contributed by atoms with Gasteiger partial charge in [0, 0.05) is 0 Å². The smallest absolute Gasteiger partial charge is 0.870 e. The number of hydrogen-bond acceptors (Lipinski definition) is 4. The number of thiocarbonyl (C=S) groups is 1. The van der Waals surface area contributed by atoms with Gasteiger partial charge < -0.3 is 21.1 Å². The number of nitrogens with zero attached hydrogens (tertiary/aromatic N) is 1. The zero-order valence-corrected chi connectivity index (χ0v) is 10.7. The molecule has 0 aromatic heterocycles. The standard InChI is InChI=1S/C9H11N3O2S.Cu.H2O/c1-14-7-4-2-3-6(8(7)13)5-11-12-9(10)15;;/h2-5,13H,1H3,(H3,10,12,15);;1H2/q;+2;. The van der Waals surface area contributed by atoms with E-state index in [2.05, 4.69) is 22.7 Å². The summed E-state index contributed by atoms with van der Waals surface area (Å²) in [5.74, 6) is 0.766. The van der Waals surface area contributed by atoms with Gasteiger partial charge in [0.2, 0.25) is 5.75 Å². The van der Waals surface area contributed by atoms with Crippen LogP contribution in [0.4, 0.5) is 0 Å². The van der Waals surface area contributed by atoms with Crippen molar-refractivity contribution in [1.29, 1.82) is 0 Å². The van der Waals surface area contributed by atoms with Crippen LogP contribution in [0.15, 0.2) is 23.3 Å². The SMILES string of the molecule is COc1cccc(C=NNC(N)=S)c1[OH2+].[Cu+2].[OH-]. The molecule has 0 bridgehead atoms. The fourth-order valence-corrected chi connectivity index (χ4v) is 1.04. The Labute approximate surface area is 115 Å². The van der Waals surface area contributed by atoms with Gasteiger partial charge in [0.15, 0.2) is 5.11 Å². The van der Waals surface area contributed by atoms with E-state index in [1.165, 1.54) is 13.3 Å². The number of hydrazone groups is 1. The number of rotatable bonds is 3. The van der Waals surface area contributed by atoms with E-state index in [-0.39, 0.29) is 33.4 Å². The minimum absolute atomic E-state index is 0. The minimum Gasteiger partial charge on any atom is -0.870 e. The molecule has 0 aliphatic carbocycles. The summed E-state index contributed by atoms with van der Waals surface area (Å²) in [6, 6.07) is 5.23. The molecular formula is C9H13CuN3O3S+2. The fourth-order valence-electron chi connectivity index (χ4n) is 0.991. The minimum atomic E-state index is 0. The summed E-state index contributed by atoms with van der Waals surface area (Å²) in [6.07, 6.45) is 1.46. The van der Waals surface area contributed by atoms with E-state index in [4.69, 9.17) is 15.6 Å². The van der Waals surface area contributed by atoms with Crippen molar-refractivity contribution in [1.82, 2.24) is 5.43 Å². The molecule has 0 saturated carbocycles.